The fraction of sp³-hybridized carbons (Fsp3) is 0.435. The fourth-order valence-corrected chi connectivity index (χ4v) is 3.23. The van der Waals surface area contributed by atoms with Gasteiger partial charge in [-0.15, -0.1) is 0 Å². The minimum Gasteiger partial charge on any atom is -0.481 e. The Morgan fingerprint density at radius 1 is 0.711 bits per heavy atom. The number of amides is 4. The Morgan fingerprint density at radius 3 is 1.74 bits per heavy atom. The standard InChI is InChI=1S/C23H31N5O10/c24-13(6-8-18(30)31)20(34)26-14(7-9-19(32)33)21(35)27-15(10-12-4-2-1-3-5-12)22(36)28-16(23(37)38)11-17(25)29/h1-5,13-16H,6-11,24H2,(H2,25,29)(H,26,34)(H,27,35)(H,28,36)(H,30,31)(H,32,33)(H,37,38). The molecule has 0 aromatic heterocycles. The summed E-state index contributed by atoms with van der Waals surface area (Å²) in [6.45, 7) is 0. The number of hydrogen-bond acceptors (Lipinski definition) is 8. The number of benzene rings is 1. The smallest absolute Gasteiger partial charge is 0.326 e. The third kappa shape index (κ3) is 11.9. The van der Waals surface area contributed by atoms with E-state index in [1.54, 1.807) is 30.3 Å². The summed E-state index contributed by atoms with van der Waals surface area (Å²) in [5, 5.41) is 33.9. The molecule has 0 radical (unpaired) electrons. The summed E-state index contributed by atoms with van der Waals surface area (Å²) >= 11 is 0. The second-order valence-electron chi connectivity index (χ2n) is 8.35. The van der Waals surface area contributed by atoms with Crippen LogP contribution in [0.3, 0.4) is 0 Å². The normalized spacial score (nSPS) is 13.7. The van der Waals surface area contributed by atoms with Crippen molar-refractivity contribution in [2.24, 2.45) is 11.5 Å². The Labute approximate surface area is 216 Å². The molecule has 0 saturated heterocycles. The SMILES string of the molecule is NC(=O)CC(NC(=O)C(Cc1ccccc1)NC(=O)C(CCC(=O)O)NC(=O)C(N)CCC(=O)O)C(=O)O. The summed E-state index contributed by atoms with van der Waals surface area (Å²) in [7, 11) is 0. The van der Waals surface area contributed by atoms with Gasteiger partial charge in [-0.25, -0.2) is 4.79 Å². The van der Waals surface area contributed by atoms with E-state index >= 15 is 0 Å². The number of carboxylic acids is 3. The average Bonchev–Trinajstić information content (AvgIpc) is 2.83. The molecule has 15 nitrogen and oxygen atoms in total. The van der Waals surface area contributed by atoms with Crippen LogP contribution in [0.25, 0.3) is 0 Å². The van der Waals surface area contributed by atoms with Crippen molar-refractivity contribution in [1.82, 2.24) is 16.0 Å². The van der Waals surface area contributed by atoms with Gasteiger partial charge >= 0.3 is 17.9 Å². The Bertz CT molecular complexity index is 1030. The highest BCUT2D eigenvalue weighted by Crippen LogP contribution is 2.07. The van der Waals surface area contributed by atoms with Crippen molar-refractivity contribution in [3.63, 3.8) is 0 Å². The first-order valence-electron chi connectivity index (χ1n) is 11.5. The molecule has 0 fully saturated rings. The zero-order chi connectivity index (χ0) is 28.8. The molecule has 0 aliphatic heterocycles. The molecule has 1 rings (SSSR count). The lowest BCUT2D eigenvalue weighted by Gasteiger charge is -2.25. The van der Waals surface area contributed by atoms with Crippen molar-refractivity contribution in [2.45, 2.75) is 62.7 Å². The van der Waals surface area contributed by atoms with E-state index in [4.69, 9.17) is 21.7 Å². The quantitative estimate of drug-likeness (QED) is 0.105. The minimum atomic E-state index is -1.68. The number of carbonyl (C=O) groups excluding carboxylic acids is 4. The lowest BCUT2D eigenvalue weighted by atomic mass is 10.0. The maximum absolute atomic E-state index is 13.1. The molecule has 0 bridgehead atoms. The number of carboxylic acid groups (broad SMARTS) is 3. The Balaban J connectivity index is 3.13. The summed E-state index contributed by atoms with van der Waals surface area (Å²) in [4.78, 5) is 82.9. The molecule has 4 unspecified atom stereocenters. The van der Waals surface area contributed by atoms with Gasteiger partial charge in [0.05, 0.1) is 12.5 Å². The average molecular weight is 538 g/mol. The minimum absolute atomic E-state index is 0.126. The van der Waals surface area contributed by atoms with E-state index in [9.17, 15) is 38.7 Å². The fourth-order valence-electron chi connectivity index (χ4n) is 3.23. The molecule has 0 saturated carbocycles. The maximum Gasteiger partial charge on any atom is 0.326 e. The number of nitrogens with one attached hydrogen (secondary N) is 3. The van der Waals surface area contributed by atoms with Crippen LogP contribution >= 0.6 is 0 Å². The van der Waals surface area contributed by atoms with E-state index in [0.29, 0.717) is 5.56 Å². The van der Waals surface area contributed by atoms with Crippen molar-refractivity contribution >= 4 is 41.5 Å². The van der Waals surface area contributed by atoms with Crippen LogP contribution in [-0.2, 0) is 40.0 Å². The first-order chi connectivity index (χ1) is 17.8. The van der Waals surface area contributed by atoms with Crippen LogP contribution in [0.5, 0.6) is 0 Å². The highest BCUT2D eigenvalue weighted by molar-refractivity contribution is 5.95. The molecule has 208 valence electrons. The van der Waals surface area contributed by atoms with Gasteiger partial charge < -0.3 is 42.7 Å². The van der Waals surface area contributed by atoms with Crippen molar-refractivity contribution < 1.29 is 48.9 Å². The summed E-state index contributed by atoms with van der Waals surface area (Å²) in [6.07, 6.45) is -2.44. The number of rotatable bonds is 17. The van der Waals surface area contributed by atoms with Crippen LogP contribution in [0, 0.1) is 0 Å². The molecule has 4 atom stereocenters. The van der Waals surface area contributed by atoms with Crippen molar-refractivity contribution in [1.29, 1.82) is 0 Å². The number of carbonyl (C=O) groups is 7. The first kappa shape index (κ1) is 31.5. The Morgan fingerprint density at radius 2 is 1.21 bits per heavy atom. The molecule has 0 heterocycles. The van der Waals surface area contributed by atoms with Gasteiger partial charge in [0, 0.05) is 19.3 Å². The van der Waals surface area contributed by atoms with Crippen LogP contribution < -0.4 is 27.4 Å². The summed E-state index contributed by atoms with van der Waals surface area (Å²) in [6, 6.07) is 2.44. The summed E-state index contributed by atoms with van der Waals surface area (Å²) < 4.78 is 0. The molecule has 38 heavy (non-hydrogen) atoms. The molecule has 4 amide bonds. The summed E-state index contributed by atoms with van der Waals surface area (Å²) in [5.41, 5.74) is 11.3. The van der Waals surface area contributed by atoms with Gasteiger partial charge in [0.1, 0.15) is 18.1 Å². The van der Waals surface area contributed by atoms with Crippen LogP contribution in [0.1, 0.15) is 37.7 Å². The highest BCUT2D eigenvalue weighted by atomic mass is 16.4. The van der Waals surface area contributed by atoms with Crippen LogP contribution in [0.2, 0.25) is 0 Å². The van der Waals surface area contributed by atoms with Gasteiger partial charge in [-0.2, -0.15) is 0 Å². The zero-order valence-corrected chi connectivity index (χ0v) is 20.3. The molecular weight excluding hydrogens is 506 g/mol. The van der Waals surface area contributed by atoms with E-state index in [2.05, 4.69) is 16.0 Å². The Hall–Kier alpha value is -4.53. The monoisotopic (exact) mass is 537 g/mol. The third-order valence-corrected chi connectivity index (χ3v) is 5.22. The van der Waals surface area contributed by atoms with Crippen LogP contribution in [0.4, 0.5) is 0 Å². The molecule has 0 aliphatic carbocycles. The number of primary amides is 1. The predicted octanol–water partition coefficient (Wildman–Crippen LogP) is -2.30. The molecule has 0 spiro atoms. The number of aliphatic carboxylic acids is 3. The largest absolute Gasteiger partial charge is 0.481 e. The first-order valence-corrected chi connectivity index (χ1v) is 11.5. The van der Waals surface area contributed by atoms with Gasteiger partial charge in [0.25, 0.3) is 0 Å². The lowest BCUT2D eigenvalue weighted by Crippen LogP contribution is -2.58. The highest BCUT2D eigenvalue weighted by Gasteiger charge is 2.31. The van der Waals surface area contributed by atoms with Crippen molar-refractivity contribution in [2.75, 3.05) is 0 Å². The maximum atomic E-state index is 13.1. The van der Waals surface area contributed by atoms with Gasteiger partial charge in [-0.05, 0) is 18.4 Å². The topological polar surface area (TPSA) is 268 Å². The van der Waals surface area contributed by atoms with Crippen LogP contribution in [-0.4, -0.2) is 81.0 Å². The van der Waals surface area contributed by atoms with Gasteiger partial charge in [0.2, 0.25) is 23.6 Å². The van der Waals surface area contributed by atoms with Gasteiger partial charge in [0.15, 0.2) is 0 Å². The van der Waals surface area contributed by atoms with Gasteiger partial charge in [-0.3, -0.25) is 28.8 Å². The van der Waals surface area contributed by atoms with Crippen molar-refractivity contribution in [3.8, 4) is 0 Å². The van der Waals surface area contributed by atoms with Gasteiger partial charge in [-0.1, -0.05) is 30.3 Å². The third-order valence-electron chi connectivity index (χ3n) is 5.22. The van der Waals surface area contributed by atoms with Crippen molar-refractivity contribution in [3.05, 3.63) is 35.9 Å². The second-order valence-corrected chi connectivity index (χ2v) is 8.35. The van der Waals surface area contributed by atoms with E-state index in [1.807, 2.05) is 0 Å². The van der Waals surface area contributed by atoms with E-state index in [1.165, 1.54) is 0 Å². The molecular formula is C23H31N5O10. The number of hydrogen-bond donors (Lipinski definition) is 8. The number of nitrogens with two attached hydrogens (primary N) is 2. The van der Waals surface area contributed by atoms with E-state index in [0.717, 1.165) is 0 Å². The molecule has 1 aromatic rings. The second kappa shape index (κ2) is 15.6. The Kier molecular flexibility index (Phi) is 12.9. The predicted molar refractivity (Wildman–Crippen MR) is 129 cm³/mol. The van der Waals surface area contributed by atoms with E-state index in [-0.39, 0.29) is 12.8 Å². The molecule has 1 aromatic carbocycles. The van der Waals surface area contributed by atoms with Crippen LogP contribution in [0.15, 0.2) is 30.3 Å². The van der Waals surface area contributed by atoms with E-state index < -0.39 is 91.4 Å². The lowest BCUT2D eigenvalue weighted by molar-refractivity contribution is -0.143. The molecule has 10 N–H and O–H groups in total. The molecule has 15 heteroatoms. The zero-order valence-electron chi connectivity index (χ0n) is 20.3. The molecule has 0 aliphatic rings. The summed E-state index contributed by atoms with van der Waals surface area (Å²) in [5.74, 6) is -7.85.